The van der Waals surface area contributed by atoms with E-state index < -0.39 is 0 Å². The van der Waals surface area contributed by atoms with E-state index in [1.54, 1.807) is 0 Å². The van der Waals surface area contributed by atoms with Crippen LogP contribution in [0.2, 0.25) is 4.34 Å². The lowest BCUT2D eigenvalue weighted by molar-refractivity contribution is -0.125. The zero-order chi connectivity index (χ0) is 13.0. The van der Waals surface area contributed by atoms with Gasteiger partial charge in [-0.1, -0.05) is 30.9 Å². The third-order valence-corrected chi connectivity index (χ3v) is 4.58. The molecule has 1 aromatic rings. The van der Waals surface area contributed by atoms with Gasteiger partial charge in [0.1, 0.15) is 0 Å². The van der Waals surface area contributed by atoms with Crippen LogP contribution in [0.1, 0.15) is 43.9 Å². The normalized spacial score (nSPS) is 17.8. The molecule has 1 N–H and O–H groups in total. The van der Waals surface area contributed by atoms with Gasteiger partial charge in [0.05, 0.1) is 14.9 Å². The van der Waals surface area contributed by atoms with Crippen LogP contribution >= 0.6 is 22.9 Å². The van der Waals surface area contributed by atoms with E-state index in [1.165, 1.54) is 17.8 Å². The highest BCUT2D eigenvalue weighted by molar-refractivity contribution is 7.18. The number of halogens is 1. The molecule has 0 aliphatic heterocycles. The summed E-state index contributed by atoms with van der Waals surface area (Å²) in [7, 11) is 0. The quantitative estimate of drug-likeness (QED) is 0.665. The number of carbonyl (C=O) groups excluding carboxylic acids is 1. The average molecular weight is 285 g/mol. The van der Waals surface area contributed by atoms with Gasteiger partial charge in [-0.2, -0.15) is 5.10 Å². The fourth-order valence-corrected chi connectivity index (χ4v) is 3.15. The molecule has 1 heterocycles. The van der Waals surface area contributed by atoms with E-state index >= 15 is 0 Å². The van der Waals surface area contributed by atoms with Crippen LogP contribution in [0.25, 0.3) is 0 Å². The van der Waals surface area contributed by atoms with Gasteiger partial charge in [-0.3, -0.25) is 4.79 Å². The Hall–Kier alpha value is -0.870. The van der Waals surface area contributed by atoms with Gasteiger partial charge in [0, 0.05) is 5.92 Å². The number of nitrogens with zero attached hydrogens (tertiary/aromatic N) is 1. The van der Waals surface area contributed by atoms with Gasteiger partial charge in [0.25, 0.3) is 0 Å². The second-order valence-electron chi connectivity index (χ2n) is 4.61. The first-order valence-electron chi connectivity index (χ1n) is 6.26. The van der Waals surface area contributed by atoms with Crippen LogP contribution in [0.3, 0.4) is 0 Å². The van der Waals surface area contributed by atoms with Crippen molar-refractivity contribution >= 4 is 34.6 Å². The largest absolute Gasteiger partial charge is 0.273 e. The average Bonchev–Trinajstić information content (AvgIpc) is 2.83. The second-order valence-corrected chi connectivity index (χ2v) is 6.33. The molecule has 1 amide bonds. The zero-order valence-corrected chi connectivity index (χ0v) is 12.0. The first-order chi connectivity index (χ1) is 8.66. The lowest BCUT2D eigenvalue weighted by Gasteiger charge is -2.19. The van der Waals surface area contributed by atoms with E-state index in [9.17, 15) is 4.79 Å². The molecular weight excluding hydrogens is 268 g/mol. The third-order valence-electron chi connectivity index (χ3n) is 3.24. The molecule has 0 radical (unpaired) electrons. The Kier molecular flexibility index (Phi) is 4.78. The molecule has 0 spiro atoms. The maximum absolute atomic E-state index is 11.9. The number of hydrogen-bond donors (Lipinski definition) is 1. The summed E-state index contributed by atoms with van der Waals surface area (Å²) in [6.07, 6.45) is 5.54. The minimum atomic E-state index is 0.0525. The lowest BCUT2D eigenvalue weighted by atomic mass is 9.89. The summed E-state index contributed by atoms with van der Waals surface area (Å²) >= 11 is 7.33. The van der Waals surface area contributed by atoms with Crippen molar-refractivity contribution in [3.63, 3.8) is 0 Å². The summed E-state index contributed by atoms with van der Waals surface area (Å²) in [4.78, 5) is 12.9. The van der Waals surface area contributed by atoms with Gasteiger partial charge in [0.15, 0.2) is 0 Å². The Morgan fingerprint density at radius 3 is 2.72 bits per heavy atom. The van der Waals surface area contributed by atoms with E-state index in [1.807, 2.05) is 19.1 Å². The number of thiophene rings is 1. The predicted molar refractivity (Wildman–Crippen MR) is 76.3 cm³/mol. The topological polar surface area (TPSA) is 41.5 Å². The van der Waals surface area contributed by atoms with Crippen LogP contribution in [0.4, 0.5) is 0 Å². The zero-order valence-electron chi connectivity index (χ0n) is 10.4. The summed E-state index contributed by atoms with van der Waals surface area (Å²) in [5, 5.41) is 4.15. The minimum absolute atomic E-state index is 0.0525. The molecule has 1 aromatic heterocycles. The Labute approximate surface area is 116 Å². The van der Waals surface area contributed by atoms with Crippen LogP contribution in [0.5, 0.6) is 0 Å². The molecule has 5 heteroatoms. The Morgan fingerprint density at radius 2 is 2.11 bits per heavy atom. The molecule has 1 aliphatic rings. The smallest absolute Gasteiger partial charge is 0.243 e. The molecule has 2 rings (SSSR count). The third kappa shape index (κ3) is 3.56. The molecular formula is C13H17ClN2OS. The summed E-state index contributed by atoms with van der Waals surface area (Å²) in [6.45, 7) is 1.88. The van der Waals surface area contributed by atoms with Gasteiger partial charge in [-0.25, -0.2) is 5.43 Å². The number of hydrogen-bond acceptors (Lipinski definition) is 3. The highest BCUT2D eigenvalue weighted by Gasteiger charge is 2.20. The molecule has 1 aliphatic carbocycles. The van der Waals surface area contributed by atoms with Crippen molar-refractivity contribution in [3.8, 4) is 0 Å². The number of nitrogens with one attached hydrogen (secondary N) is 1. The summed E-state index contributed by atoms with van der Waals surface area (Å²) in [6, 6.07) is 3.75. The van der Waals surface area contributed by atoms with Crippen molar-refractivity contribution < 1.29 is 4.79 Å². The molecule has 0 saturated heterocycles. The van der Waals surface area contributed by atoms with Crippen molar-refractivity contribution in [1.82, 2.24) is 5.43 Å². The van der Waals surface area contributed by atoms with Gasteiger partial charge in [-0.05, 0) is 31.9 Å². The van der Waals surface area contributed by atoms with Crippen molar-refractivity contribution in [1.29, 1.82) is 0 Å². The number of hydrazone groups is 1. The van der Waals surface area contributed by atoms with Crippen molar-refractivity contribution in [2.45, 2.75) is 39.0 Å². The number of carbonyl (C=O) groups is 1. The summed E-state index contributed by atoms with van der Waals surface area (Å²) in [5.74, 6) is 0.193. The Balaban J connectivity index is 1.91. The van der Waals surface area contributed by atoms with E-state index in [-0.39, 0.29) is 11.8 Å². The minimum Gasteiger partial charge on any atom is -0.273 e. The van der Waals surface area contributed by atoms with E-state index in [0.29, 0.717) is 0 Å². The van der Waals surface area contributed by atoms with E-state index in [2.05, 4.69) is 10.5 Å². The lowest BCUT2D eigenvalue weighted by Crippen LogP contribution is -2.29. The summed E-state index contributed by atoms with van der Waals surface area (Å²) < 4.78 is 0.734. The molecule has 0 bridgehead atoms. The predicted octanol–water partition coefficient (Wildman–Crippen LogP) is 3.82. The molecule has 1 fully saturated rings. The molecule has 0 atom stereocenters. The number of rotatable bonds is 3. The molecule has 3 nitrogen and oxygen atoms in total. The number of amides is 1. The highest BCUT2D eigenvalue weighted by atomic mass is 35.5. The first kappa shape index (κ1) is 13.6. The van der Waals surface area contributed by atoms with Crippen LogP contribution in [0.15, 0.2) is 17.2 Å². The van der Waals surface area contributed by atoms with Gasteiger partial charge in [-0.15, -0.1) is 11.3 Å². The highest BCUT2D eigenvalue weighted by Crippen LogP contribution is 2.24. The standard InChI is InChI=1S/C13H17ClN2OS/c1-9(11-7-8-12(14)18-11)15-16-13(17)10-5-3-2-4-6-10/h7-8,10H,2-6H2,1H3,(H,16,17)/b15-9+. The molecule has 0 aromatic carbocycles. The van der Waals surface area contributed by atoms with E-state index in [0.717, 1.165) is 40.6 Å². The van der Waals surface area contributed by atoms with Crippen molar-refractivity contribution in [2.24, 2.45) is 11.0 Å². The van der Waals surface area contributed by atoms with Crippen LogP contribution in [-0.2, 0) is 4.79 Å². The summed E-state index contributed by atoms with van der Waals surface area (Å²) in [5.41, 5.74) is 3.47. The van der Waals surface area contributed by atoms with Gasteiger partial charge < -0.3 is 0 Å². The van der Waals surface area contributed by atoms with Crippen LogP contribution < -0.4 is 5.43 Å². The fourth-order valence-electron chi connectivity index (χ4n) is 2.16. The Bertz CT molecular complexity index is 450. The molecule has 1 saturated carbocycles. The van der Waals surface area contributed by atoms with Gasteiger partial charge in [0.2, 0.25) is 5.91 Å². The monoisotopic (exact) mass is 284 g/mol. The maximum atomic E-state index is 11.9. The van der Waals surface area contributed by atoms with E-state index in [4.69, 9.17) is 11.6 Å². The van der Waals surface area contributed by atoms with Crippen LogP contribution in [0, 0.1) is 5.92 Å². The molecule has 98 valence electrons. The SMILES string of the molecule is C/C(=N\NC(=O)C1CCCCC1)c1ccc(Cl)s1. The molecule has 18 heavy (non-hydrogen) atoms. The molecule has 0 unspecified atom stereocenters. The fraction of sp³-hybridized carbons (Fsp3) is 0.538. The second kappa shape index (κ2) is 6.34. The van der Waals surface area contributed by atoms with Gasteiger partial charge >= 0.3 is 0 Å². The first-order valence-corrected chi connectivity index (χ1v) is 7.46. The Morgan fingerprint density at radius 1 is 1.39 bits per heavy atom. The van der Waals surface area contributed by atoms with Crippen molar-refractivity contribution in [3.05, 3.63) is 21.3 Å². The van der Waals surface area contributed by atoms with Crippen LogP contribution in [-0.4, -0.2) is 11.6 Å². The maximum Gasteiger partial charge on any atom is 0.243 e. The van der Waals surface area contributed by atoms with Crippen molar-refractivity contribution in [2.75, 3.05) is 0 Å².